The van der Waals surface area contributed by atoms with Crippen LogP contribution in [0.25, 0.3) is 5.69 Å². The monoisotopic (exact) mass is 399 g/mol. The average molecular weight is 400 g/mol. The van der Waals surface area contributed by atoms with Crippen LogP contribution in [0.2, 0.25) is 5.02 Å². The van der Waals surface area contributed by atoms with Gasteiger partial charge < -0.3 is 5.32 Å². The van der Waals surface area contributed by atoms with Gasteiger partial charge in [0, 0.05) is 30.5 Å². The molecule has 0 atom stereocenters. The molecule has 2 aromatic heterocycles. The lowest BCUT2D eigenvalue weighted by Gasteiger charge is -2.12. The van der Waals surface area contributed by atoms with Crippen LogP contribution < -0.4 is 16.6 Å². The number of nitrogens with one attached hydrogen (secondary N) is 1. The van der Waals surface area contributed by atoms with E-state index in [1.165, 1.54) is 0 Å². The van der Waals surface area contributed by atoms with Crippen molar-refractivity contribution in [1.29, 1.82) is 0 Å². The van der Waals surface area contributed by atoms with E-state index in [0.717, 1.165) is 20.4 Å². The van der Waals surface area contributed by atoms with Crippen LogP contribution in [0.5, 0.6) is 0 Å². The summed E-state index contributed by atoms with van der Waals surface area (Å²) in [6, 6.07) is 8.48. The summed E-state index contributed by atoms with van der Waals surface area (Å²) in [6.45, 7) is 3.75. The van der Waals surface area contributed by atoms with E-state index in [1.807, 2.05) is 6.92 Å². The van der Waals surface area contributed by atoms with Crippen LogP contribution in [0.4, 0.5) is 0 Å². The number of amides is 1. The van der Waals surface area contributed by atoms with E-state index in [1.54, 1.807) is 49.6 Å². The first kappa shape index (κ1) is 19.5. The molecule has 8 nitrogen and oxygen atoms in total. The normalized spacial score (nSPS) is 10.7. The molecule has 0 aliphatic carbocycles. The van der Waals surface area contributed by atoms with Crippen molar-refractivity contribution in [3.05, 3.63) is 85.4 Å². The van der Waals surface area contributed by atoms with Gasteiger partial charge in [0.05, 0.1) is 5.69 Å². The topological polar surface area (TPSA) is 98.9 Å². The van der Waals surface area contributed by atoms with Gasteiger partial charge in [-0.1, -0.05) is 23.7 Å². The summed E-state index contributed by atoms with van der Waals surface area (Å²) < 4.78 is 1.97. The minimum absolute atomic E-state index is 0.0999. The molecule has 0 radical (unpaired) electrons. The molecule has 3 aromatic rings. The molecule has 1 aromatic carbocycles. The Labute approximate surface area is 165 Å². The van der Waals surface area contributed by atoms with Crippen molar-refractivity contribution in [3.8, 4) is 5.69 Å². The summed E-state index contributed by atoms with van der Waals surface area (Å²) in [4.78, 5) is 41.8. The Morgan fingerprint density at radius 1 is 1.25 bits per heavy atom. The molecule has 9 heteroatoms. The van der Waals surface area contributed by atoms with Crippen LogP contribution >= 0.6 is 11.6 Å². The molecule has 3 rings (SSSR count). The van der Waals surface area contributed by atoms with Gasteiger partial charge in [-0.15, -0.1) is 0 Å². The quantitative estimate of drug-likeness (QED) is 0.704. The predicted molar refractivity (Wildman–Crippen MR) is 105 cm³/mol. The van der Waals surface area contributed by atoms with Crippen LogP contribution in [-0.4, -0.2) is 25.2 Å². The Morgan fingerprint density at radius 3 is 2.68 bits per heavy atom. The zero-order valence-corrected chi connectivity index (χ0v) is 16.1. The first-order valence-electron chi connectivity index (χ1n) is 8.60. The second-order valence-corrected chi connectivity index (χ2v) is 6.48. The number of rotatable bonds is 5. The van der Waals surface area contributed by atoms with Crippen LogP contribution in [-0.2, 0) is 13.1 Å². The molecule has 0 saturated carbocycles. The highest BCUT2D eigenvalue weighted by molar-refractivity contribution is 6.31. The zero-order chi connectivity index (χ0) is 20.3. The number of carbonyl (C=O) groups excluding carboxylic acids is 1. The Hall–Kier alpha value is -3.26. The second kappa shape index (κ2) is 8.18. The average Bonchev–Trinajstić information content (AvgIpc) is 2.70. The van der Waals surface area contributed by atoms with Gasteiger partial charge in [0.15, 0.2) is 0 Å². The second-order valence-electron chi connectivity index (χ2n) is 6.07. The van der Waals surface area contributed by atoms with E-state index < -0.39 is 17.2 Å². The van der Waals surface area contributed by atoms with Gasteiger partial charge in [0.25, 0.3) is 11.5 Å². The highest BCUT2D eigenvalue weighted by Gasteiger charge is 2.19. The summed E-state index contributed by atoms with van der Waals surface area (Å²) in [7, 11) is 0. The molecule has 0 unspecified atom stereocenters. The summed E-state index contributed by atoms with van der Waals surface area (Å²) in [5, 5.41) is 7.10. The number of halogens is 1. The Morgan fingerprint density at radius 2 is 2.04 bits per heavy atom. The van der Waals surface area contributed by atoms with E-state index in [0.29, 0.717) is 10.7 Å². The van der Waals surface area contributed by atoms with Crippen molar-refractivity contribution in [2.24, 2.45) is 0 Å². The maximum atomic E-state index is 12.7. The number of benzene rings is 1. The molecular formula is C19H18ClN5O3. The van der Waals surface area contributed by atoms with Crippen molar-refractivity contribution in [1.82, 2.24) is 24.6 Å². The highest BCUT2D eigenvalue weighted by Crippen LogP contribution is 2.18. The van der Waals surface area contributed by atoms with Crippen LogP contribution in [0.1, 0.15) is 28.5 Å². The third-order valence-corrected chi connectivity index (χ3v) is 4.57. The largest absolute Gasteiger partial charge is 0.352 e. The molecular weight excluding hydrogens is 382 g/mol. The fourth-order valence-corrected chi connectivity index (χ4v) is 2.76. The van der Waals surface area contributed by atoms with Crippen molar-refractivity contribution >= 4 is 17.5 Å². The van der Waals surface area contributed by atoms with Gasteiger partial charge in [-0.25, -0.2) is 4.79 Å². The SMILES string of the molecule is CCn1c(=O)c(C(=O)NCc2cccnc2)nn(-c2ccc(C)c(Cl)c2)c1=O. The summed E-state index contributed by atoms with van der Waals surface area (Å²) in [5.41, 5.74) is 0.204. The van der Waals surface area contributed by atoms with Gasteiger partial charge in [-0.3, -0.25) is 19.1 Å². The van der Waals surface area contributed by atoms with Crippen molar-refractivity contribution in [2.45, 2.75) is 26.9 Å². The first-order chi connectivity index (χ1) is 13.4. The van der Waals surface area contributed by atoms with Crippen LogP contribution in [0.15, 0.2) is 52.3 Å². The molecule has 144 valence electrons. The lowest BCUT2D eigenvalue weighted by atomic mass is 10.2. The highest BCUT2D eigenvalue weighted by atomic mass is 35.5. The van der Waals surface area contributed by atoms with Gasteiger partial charge in [-0.05, 0) is 43.2 Å². The predicted octanol–water partition coefficient (Wildman–Crippen LogP) is 1.70. The van der Waals surface area contributed by atoms with Crippen molar-refractivity contribution < 1.29 is 4.79 Å². The standard InChI is InChI=1S/C19H18ClN5O3/c1-3-24-18(27)16(17(26)22-11-13-5-4-8-21-10-13)23-25(19(24)28)14-7-6-12(2)15(20)9-14/h4-10H,3,11H2,1-2H3,(H,22,26). The minimum atomic E-state index is -0.745. The maximum Gasteiger partial charge on any atom is 0.352 e. The molecule has 0 aliphatic heterocycles. The summed E-state index contributed by atoms with van der Waals surface area (Å²) in [6.07, 6.45) is 3.22. The van der Waals surface area contributed by atoms with Crippen LogP contribution in [0, 0.1) is 6.92 Å². The third-order valence-electron chi connectivity index (χ3n) is 4.17. The molecule has 0 bridgehead atoms. The third kappa shape index (κ3) is 3.86. The lowest BCUT2D eigenvalue weighted by molar-refractivity contribution is 0.0941. The lowest BCUT2D eigenvalue weighted by Crippen LogP contribution is -2.45. The minimum Gasteiger partial charge on any atom is -0.346 e. The summed E-state index contributed by atoms with van der Waals surface area (Å²) in [5.74, 6) is -0.678. The number of hydrogen-bond acceptors (Lipinski definition) is 5. The van der Waals surface area contributed by atoms with Crippen molar-refractivity contribution in [2.75, 3.05) is 0 Å². The van der Waals surface area contributed by atoms with E-state index >= 15 is 0 Å². The van der Waals surface area contributed by atoms with E-state index in [9.17, 15) is 14.4 Å². The van der Waals surface area contributed by atoms with Gasteiger partial charge in [0.1, 0.15) is 0 Å². The van der Waals surface area contributed by atoms with E-state index in [-0.39, 0.29) is 18.8 Å². The van der Waals surface area contributed by atoms with Gasteiger partial charge in [0.2, 0.25) is 5.69 Å². The molecule has 0 saturated heterocycles. The number of hydrogen-bond donors (Lipinski definition) is 1. The first-order valence-corrected chi connectivity index (χ1v) is 8.98. The summed E-state index contributed by atoms with van der Waals surface area (Å²) >= 11 is 6.14. The molecule has 1 N–H and O–H groups in total. The Bertz CT molecular complexity index is 1140. The number of nitrogens with zero attached hydrogens (tertiary/aromatic N) is 4. The fraction of sp³-hybridized carbons (Fsp3) is 0.211. The molecule has 0 fully saturated rings. The fourth-order valence-electron chi connectivity index (χ4n) is 2.59. The van der Waals surface area contributed by atoms with Gasteiger partial charge in [-0.2, -0.15) is 9.78 Å². The van der Waals surface area contributed by atoms with Crippen LogP contribution in [0.3, 0.4) is 0 Å². The number of pyridine rings is 1. The molecule has 0 aliphatic rings. The maximum absolute atomic E-state index is 12.7. The molecule has 1 amide bonds. The van der Waals surface area contributed by atoms with Gasteiger partial charge >= 0.3 is 5.69 Å². The van der Waals surface area contributed by atoms with Crippen molar-refractivity contribution in [3.63, 3.8) is 0 Å². The molecule has 2 heterocycles. The Balaban J connectivity index is 2.03. The number of aryl methyl sites for hydroxylation is 1. The number of carbonyl (C=O) groups is 1. The Kier molecular flexibility index (Phi) is 5.70. The van der Waals surface area contributed by atoms with E-state index in [4.69, 9.17) is 11.6 Å². The number of aromatic nitrogens is 4. The van der Waals surface area contributed by atoms with E-state index in [2.05, 4.69) is 15.4 Å². The smallest absolute Gasteiger partial charge is 0.346 e. The molecule has 28 heavy (non-hydrogen) atoms. The molecule has 0 spiro atoms. The zero-order valence-electron chi connectivity index (χ0n) is 15.3.